The number of rotatable bonds is 5. The van der Waals surface area contributed by atoms with Gasteiger partial charge in [0, 0.05) is 25.2 Å². The van der Waals surface area contributed by atoms with Gasteiger partial charge in [-0.15, -0.1) is 0 Å². The van der Waals surface area contributed by atoms with E-state index < -0.39 is 10.0 Å². The van der Waals surface area contributed by atoms with Crippen molar-refractivity contribution in [2.75, 3.05) is 19.6 Å². The summed E-state index contributed by atoms with van der Waals surface area (Å²) in [5.74, 6) is -0.0204. The molecule has 0 atom stereocenters. The van der Waals surface area contributed by atoms with Gasteiger partial charge in [0.15, 0.2) is 0 Å². The van der Waals surface area contributed by atoms with Crippen LogP contribution in [-0.2, 0) is 10.0 Å². The van der Waals surface area contributed by atoms with Gasteiger partial charge in [-0.3, -0.25) is 4.79 Å². The second-order valence-corrected chi connectivity index (χ2v) is 6.69. The lowest BCUT2D eigenvalue weighted by Crippen LogP contribution is -2.28. The monoisotopic (exact) mass is 296 g/mol. The van der Waals surface area contributed by atoms with Gasteiger partial charge in [-0.05, 0) is 43.5 Å². The van der Waals surface area contributed by atoms with E-state index >= 15 is 0 Å². The first kappa shape index (κ1) is 15.0. The number of nitrogens with one attached hydrogen (secondary N) is 1. The van der Waals surface area contributed by atoms with Gasteiger partial charge in [0.2, 0.25) is 10.0 Å². The molecule has 0 aromatic heterocycles. The van der Waals surface area contributed by atoms with Crippen LogP contribution >= 0.6 is 0 Å². The minimum atomic E-state index is -3.46. The molecule has 1 saturated heterocycles. The lowest BCUT2D eigenvalue weighted by Gasteiger charge is -2.15. The summed E-state index contributed by atoms with van der Waals surface area (Å²) in [6, 6.07) is 6.14. The van der Waals surface area contributed by atoms with Crippen LogP contribution in [0.15, 0.2) is 29.2 Å². The molecule has 1 fully saturated rings. The first-order valence-electron chi connectivity index (χ1n) is 6.93. The van der Waals surface area contributed by atoms with Gasteiger partial charge in [-0.2, -0.15) is 0 Å². The topological polar surface area (TPSA) is 66.5 Å². The summed E-state index contributed by atoms with van der Waals surface area (Å²) in [7, 11) is -3.46. The second kappa shape index (κ2) is 6.37. The summed E-state index contributed by atoms with van der Waals surface area (Å²) >= 11 is 0. The summed E-state index contributed by atoms with van der Waals surface area (Å²) < 4.78 is 26.3. The van der Waals surface area contributed by atoms with E-state index in [2.05, 4.69) is 4.72 Å². The summed E-state index contributed by atoms with van der Waals surface area (Å²) in [5.41, 5.74) is 0.543. The predicted octanol–water partition coefficient (Wildman–Crippen LogP) is 1.61. The minimum Gasteiger partial charge on any atom is -0.339 e. The van der Waals surface area contributed by atoms with Gasteiger partial charge in [-0.1, -0.05) is 6.92 Å². The van der Waals surface area contributed by atoms with Crippen molar-refractivity contribution >= 4 is 15.9 Å². The van der Waals surface area contributed by atoms with Crippen LogP contribution in [0.3, 0.4) is 0 Å². The SMILES string of the molecule is CCCNS(=O)(=O)c1ccc(C(=O)N2CCCC2)cc1. The van der Waals surface area contributed by atoms with Crippen LogP contribution in [0.2, 0.25) is 0 Å². The maximum atomic E-state index is 12.1. The third-order valence-corrected chi connectivity index (χ3v) is 4.82. The standard InChI is InChI=1S/C14H20N2O3S/c1-2-9-15-20(18,19)13-7-5-12(6-8-13)14(17)16-10-3-4-11-16/h5-8,15H,2-4,9-11H2,1H3. The highest BCUT2D eigenvalue weighted by molar-refractivity contribution is 7.89. The molecular formula is C14H20N2O3S. The molecule has 0 unspecified atom stereocenters. The Labute approximate surface area is 120 Å². The summed E-state index contributed by atoms with van der Waals surface area (Å²) in [6.45, 7) is 3.89. The van der Waals surface area contributed by atoms with Crippen molar-refractivity contribution in [2.24, 2.45) is 0 Å². The Kier molecular flexibility index (Phi) is 4.77. The summed E-state index contributed by atoms with van der Waals surface area (Å²) in [6.07, 6.45) is 2.82. The molecule has 110 valence electrons. The Hall–Kier alpha value is -1.40. The number of carbonyl (C=O) groups excluding carboxylic acids is 1. The van der Waals surface area contributed by atoms with Crippen LogP contribution in [0.1, 0.15) is 36.5 Å². The van der Waals surface area contributed by atoms with E-state index in [1.54, 1.807) is 17.0 Å². The Morgan fingerprint density at radius 2 is 1.80 bits per heavy atom. The molecule has 0 aliphatic carbocycles. The average molecular weight is 296 g/mol. The third kappa shape index (κ3) is 3.37. The first-order chi connectivity index (χ1) is 9.54. The molecule has 20 heavy (non-hydrogen) atoms. The zero-order chi connectivity index (χ0) is 14.6. The molecule has 1 N–H and O–H groups in total. The highest BCUT2D eigenvalue weighted by Crippen LogP contribution is 2.15. The van der Waals surface area contributed by atoms with Crippen molar-refractivity contribution in [1.29, 1.82) is 0 Å². The van der Waals surface area contributed by atoms with Crippen LogP contribution in [0, 0.1) is 0 Å². The molecule has 2 rings (SSSR count). The fraction of sp³-hybridized carbons (Fsp3) is 0.500. The molecule has 1 amide bonds. The maximum Gasteiger partial charge on any atom is 0.253 e. The zero-order valence-corrected chi connectivity index (χ0v) is 12.4. The number of hydrogen-bond acceptors (Lipinski definition) is 3. The van der Waals surface area contributed by atoms with Crippen molar-refractivity contribution in [3.8, 4) is 0 Å². The van der Waals surface area contributed by atoms with Gasteiger partial charge < -0.3 is 4.90 Å². The van der Waals surface area contributed by atoms with E-state index in [0.717, 1.165) is 32.4 Å². The normalized spacial score (nSPS) is 15.6. The Morgan fingerprint density at radius 3 is 2.35 bits per heavy atom. The molecule has 6 heteroatoms. The molecule has 0 spiro atoms. The summed E-state index contributed by atoms with van der Waals surface area (Å²) in [4.78, 5) is 14.1. The quantitative estimate of drug-likeness (QED) is 0.897. The average Bonchev–Trinajstić information content (AvgIpc) is 2.99. The van der Waals surface area contributed by atoms with Crippen molar-refractivity contribution < 1.29 is 13.2 Å². The summed E-state index contributed by atoms with van der Waals surface area (Å²) in [5, 5.41) is 0. The Balaban J connectivity index is 2.11. The molecule has 1 aromatic carbocycles. The Bertz CT molecular complexity index is 561. The fourth-order valence-electron chi connectivity index (χ4n) is 2.20. The lowest BCUT2D eigenvalue weighted by molar-refractivity contribution is 0.0792. The highest BCUT2D eigenvalue weighted by Gasteiger charge is 2.20. The smallest absolute Gasteiger partial charge is 0.253 e. The van der Waals surface area contributed by atoms with E-state index in [1.807, 2.05) is 6.92 Å². The van der Waals surface area contributed by atoms with Gasteiger partial charge in [0.25, 0.3) is 5.91 Å². The largest absolute Gasteiger partial charge is 0.339 e. The van der Waals surface area contributed by atoms with Gasteiger partial charge in [-0.25, -0.2) is 13.1 Å². The minimum absolute atomic E-state index is 0.0204. The molecule has 1 heterocycles. The van der Waals surface area contributed by atoms with Crippen molar-refractivity contribution in [3.63, 3.8) is 0 Å². The lowest BCUT2D eigenvalue weighted by atomic mass is 10.2. The maximum absolute atomic E-state index is 12.1. The number of nitrogens with zero attached hydrogens (tertiary/aromatic N) is 1. The molecule has 5 nitrogen and oxygen atoms in total. The zero-order valence-electron chi connectivity index (χ0n) is 11.6. The number of hydrogen-bond donors (Lipinski definition) is 1. The Morgan fingerprint density at radius 1 is 1.20 bits per heavy atom. The van der Waals surface area contributed by atoms with Gasteiger partial charge in [0.1, 0.15) is 0 Å². The third-order valence-electron chi connectivity index (χ3n) is 3.35. The molecule has 1 aromatic rings. The number of carbonyl (C=O) groups is 1. The van der Waals surface area contributed by atoms with E-state index in [9.17, 15) is 13.2 Å². The van der Waals surface area contributed by atoms with Crippen LogP contribution < -0.4 is 4.72 Å². The van der Waals surface area contributed by atoms with Crippen molar-refractivity contribution in [1.82, 2.24) is 9.62 Å². The van der Waals surface area contributed by atoms with Gasteiger partial charge >= 0.3 is 0 Å². The highest BCUT2D eigenvalue weighted by atomic mass is 32.2. The molecule has 0 radical (unpaired) electrons. The first-order valence-corrected chi connectivity index (χ1v) is 8.42. The second-order valence-electron chi connectivity index (χ2n) is 4.92. The van der Waals surface area contributed by atoms with Crippen LogP contribution in [0.25, 0.3) is 0 Å². The number of sulfonamides is 1. The molecule has 0 saturated carbocycles. The van der Waals surface area contributed by atoms with E-state index in [4.69, 9.17) is 0 Å². The van der Waals surface area contributed by atoms with E-state index in [1.165, 1.54) is 12.1 Å². The van der Waals surface area contributed by atoms with E-state index in [0.29, 0.717) is 12.1 Å². The van der Waals surface area contributed by atoms with E-state index in [-0.39, 0.29) is 10.8 Å². The number of likely N-dealkylation sites (tertiary alicyclic amines) is 1. The van der Waals surface area contributed by atoms with Crippen LogP contribution in [0.4, 0.5) is 0 Å². The van der Waals surface area contributed by atoms with Crippen LogP contribution in [0.5, 0.6) is 0 Å². The number of benzene rings is 1. The molecule has 0 bridgehead atoms. The molecular weight excluding hydrogens is 276 g/mol. The molecule has 1 aliphatic heterocycles. The van der Waals surface area contributed by atoms with Gasteiger partial charge in [0.05, 0.1) is 4.90 Å². The van der Waals surface area contributed by atoms with Crippen molar-refractivity contribution in [3.05, 3.63) is 29.8 Å². The van der Waals surface area contributed by atoms with Crippen molar-refractivity contribution in [2.45, 2.75) is 31.1 Å². The van der Waals surface area contributed by atoms with Crippen LogP contribution in [-0.4, -0.2) is 38.9 Å². The molecule has 1 aliphatic rings. The predicted molar refractivity (Wildman–Crippen MR) is 77.1 cm³/mol. The number of amides is 1. The fourth-order valence-corrected chi connectivity index (χ4v) is 3.33.